The van der Waals surface area contributed by atoms with Crippen molar-refractivity contribution in [1.82, 2.24) is 37.2 Å². The van der Waals surface area contributed by atoms with Crippen molar-refractivity contribution in [2.45, 2.75) is 150 Å². The molecular formula is C37H65N7O12S. The van der Waals surface area contributed by atoms with E-state index in [1.54, 1.807) is 34.6 Å². The lowest BCUT2D eigenvalue weighted by molar-refractivity contribution is -0.142. The van der Waals surface area contributed by atoms with Gasteiger partial charge in [0.2, 0.25) is 41.4 Å². The number of carbonyl (C=O) groups excluding carboxylic acids is 7. The second kappa shape index (κ2) is 25.0. The molecule has 0 aromatic rings. The quantitative estimate of drug-likeness (QED) is 0.0563. The van der Waals surface area contributed by atoms with Crippen LogP contribution in [-0.2, 0) is 43.2 Å². The lowest BCUT2D eigenvalue weighted by Gasteiger charge is -2.32. The summed E-state index contributed by atoms with van der Waals surface area (Å²) in [5.74, 6) is -7.35. The Morgan fingerprint density at radius 3 is 1.65 bits per heavy atom. The zero-order valence-electron chi connectivity index (χ0n) is 34.9. The van der Waals surface area contributed by atoms with Crippen LogP contribution in [0.15, 0.2) is 0 Å². The average molecular weight is 832 g/mol. The first-order chi connectivity index (χ1) is 26.2. The molecule has 0 aliphatic heterocycles. The van der Waals surface area contributed by atoms with E-state index < -0.39 is 120 Å². The number of carboxylic acids is 2. The van der Waals surface area contributed by atoms with Crippen LogP contribution < -0.4 is 37.2 Å². The second-order valence-electron chi connectivity index (χ2n) is 15.9. The Hall–Kier alpha value is -4.46. The molecule has 0 fully saturated rings. The molecule has 0 aromatic carbocycles. The van der Waals surface area contributed by atoms with Crippen molar-refractivity contribution in [3.63, 3.8) is 0 Å². The number of hydrogen-bond donors (Lipinski definition) is 10. The number of nitrogens with one attached hydrogen (secondary N) is 7. The molecule has 0 saturated carbocycles. The summed E-state index contributed by atoms with van der Waals surface area (Å²) in [6.45, 7) is 15.9. The van der Waals surface area contributed by atoms with Crippen molar-refractivity contribution in [2.24, 2.45) is 17.3 Å². The zero-order chi connectivity index (χ0) is 44.4. The van der Waals surface area contributed by atoms with Gasteiger partial charge in [0, 0.05) is 13.3 Å². The van der Waals surface area contributed by atoms with Gasteiger partial charge in [0.15, 0.2) is 0 Å². The fourth-order valence-corrected chi connectivity index (χ4v) is 5.89. The number of aliphatic hydroxyl groups is 1. The number of rotatable bonds is 25. The van der Waals surface area contributed by atoms with Gasteiger partial charge in [-0.25, -0.2) is 0 Å². The van der Waals surface area contributed by atoms with E-state index in [1.807, 2.05) is 20.1 Å². The van der Waals surface area contributed by atoms with E-state index in [-0.39, 0.29) is 31.1 Å². The smallest absolute Gasteiger partial charge is 0.325 e. The van der Waals surface area contributed by atoms with Crippen molar-refractivity contribution >= 4 is 65.1 Å². The summed E-state index contributed by atoms with van der Waals surface area (Å²) in [6, 6.07) is -8.17. The molecule has 0 radical (unpaired) electrons. The van der Waals surface area contributed by atoms with E-state index in [2.05, 4.69) is 37.2 Å². The molecule has 0 aromatic heterocycles. The first-order valence-corrected chi connectivity index (χ1v) is 20.3. The van der Waals surface area contributed by atoms with E-state index in [9.17, 15) is 48.3 Å². The van der Waals surface area contributed by atoms with Crippen LogP contribution in [0.3, 0.4) is 0 Å². The van der Waals surface area contributed by atoms with Crippen LogP contribution >= 0.6 is 11.8 Å². The largest absolute Gasteiger partial charge is 0.481 e. The third kappa shape index (κ3) is 20.5. The Bertz CT molecular complexity index is 1420. The molecule has 0 bridgehead atoms. The van der Waals surface area contributed by atoms with Crippen LogP contribution in [0, 0.1) is 17.3 Å². The average Bonchev–Trinajstić information content (AvgIpc) is 3.07. The topological polar surface area (TPSA) is 299 Å². The molecule has 57 heavy (non-hydrogen) atoms. The maximum Gasteiger partial charge on any atom is 0.325 e. The minimum absolute atomic E-state index is 0.0477. The normalized spacial score (nSPS) is 15.7. The molecule has 0 spiro atoms. The van der Waals surface area contributed by atoms with Crippen LogP contribution in [0.5, 0.6) is 0 Å². The number of thioether (sulfide) groups is 1. The molecule has 7 amide bonds. The Balaban J connectivity index is 5.96. The van der Waals surface area contributed by atoms with E-state index in [0.717, 1.165) is 0 Å². The SMILES string of the molecule is CSCC[C@H](NC(=O)[C@@H](NC(C)=O)C(C)C)C(=O)N[C@@H](CC(C)C)C(O)CC(=O)N[C@H](C(=O)N[C@@H](C)C(=O)N[C@@H](CCC(=O)O)C(=O)N[C@@H](C)C(=O)O)C(C)(C)C. The highest BCUT2D eigenvalue weighted by molar-refractivity contribution is 7.98. The van der Waals surface area contributed by atoms with Gasteiger partial charge in [0.1, 0.15) is 36.3 Å². The van der Waals surface area contributed by atoms with Gasteiger partial charge < -0.3 is 52.5 Å². The Morgan fingerprint density at radius 2 is 1.18 bits per heavy atom. The van der Waals surface area contributed by atoms with Gasteiger partial charge in [0.25, 0.3) is 0 Å². The molecule has 19 nitrogen and oxygen atoms in total. The molecule has 0 saturated heterocycles. The Labute approximate surface area is 339 Å². The van der Waals surface area contributed by atoms with Gasteiger partial charge in [-0.3, -0.25) is 43.2 Å². The summed E-state index contributed by atoms with van der Waals surface area (Å²) in [4.78, 5) is 113. The number of aliphatic hydroxyl groups excluding tert-OH is 1. The minimum atomic E-state index is -1.44. The minimum Gasteiger partial charge on any atom is -0.481 e. The van der Waals surface area contributed by atoms with Crippen LogP contribution in [0.25, 0.3) is 0 Å². The molecule has 20 heteroatoms. The van der Waals surface area contributed by atoms with E-state index in [0.29, 0.717) is 5.75 Å². The first-order valence-electron chi connectivity index (χ1n) is 18.9. The van der Waals surface area contributed by atoms with Crippen molar-refractivity contribution in [3.8, 4) is 0 Å². The molecular weight excluding hydrogens is 767 g/mol. The van der Waals surface area contributed by atoms with Crippen LogP contribution in [0.4, 0.5) is 0 Å². The fourth-order valence-electron chi connectivity index (χ4n) is 5.42. The molecule has 8 atom stereocenters. The van der Waals surface area contributed by atoms with Crippen LogP contribution in [0.1, 0.15) is 101 Å². The first kappa shape index (κ1) is 52.5. The maximum atomic E-state index is 13.6. The highest BCUT2D eigenvalue weighted by Crippen LogP contribution is 2.21. The monoisotopic (exact) mass is 831 g/mol. The second-order valence-corrected chi connectivity index (χ2v) is 16.9. The number of carboxylic acid groups (broad SMARTS) is 2. The number of amides is 7. The highest BCUT2D eigenvalue weighted by Gasteiger charge is 2.37. The van der Waals surface area contributed by atoms with Crippen LogP contribution in [0.2, 0.25) is 0 Å². The number of aliphatic carboxylic acids is 2. The Kier molecular flexibility index (Phi) is 23.1. The van der Waals surface area contributed by atoms with Gasteiger partial charge in [-0.2, -0.15) is 11.8 Å². The lowest BCUT2D eigenvalue weighted by Crippen LogP contribution is -2.59. The van der Waals surface area contributed by atoms with Gasteiger partial charge in [-0.1, -0.05) is 48.5 Å². The van der Waals surface area contributed by atoms with Gasteiger partial charge in [-0.05, 0) is 62.4 Å². The molecule has 0 aliphatic rings. The maximum absolute atomic E-state index is 13.6. The molecule has 1 unspecified atom stereocenters. The van der Waals surface area contributed by atoms with E-state index >= 15 is 0 Å². The van der Waals surface area contributed by atoms with Crippen molar-refractivity contribution in [3.05, 3.63) is 0 Å². The predicted molar refractivity (Wildman–Crippen MR) is 212 cm³/mol. The number of carbonyl (C=O) groups is 9. The van der Waals surface area contributed by atoms with Crippen molar-refractivity contribution < 1.29 is 58.5 Å². The fraction of sp³-hybridized carbons (Fsp3) is 0.757. The standard InChI is InChI=1S/C37H65N7O12S/c1-18(2)16-25(43-33(52)24(14-15-57-11)42-34(53)29(19(3)4)40-22(7)45)26(46)17-27(47)44-30(37(8,9)10)35(54)38-20(5)31(50)41-23(12-13-28(48)49)32(51)39-21(6)36(55)56/h18-21,23-26,29-30,46H,12-17H2,1-11H3,(H,38,54)(H,39,51)(H,40,45)(H,41,50)(H,42,53)(H,43,52)(H,44,47)(H,48,49)(H,55,56)/t20-,21-,23-,24-,25-,26?,29-,30+/m0/s1. The summed E-state index contributed by atoms with van der Waals surface area (Å²) < 4.78 is 0. The molecule has 0 aliphatic carbocycles. The molecule has 326 valence electrons. The predicted octanol–water partition coefficient (Wildman–Crippen LogP) is -0.359. The molecule has 0 rings (SSSR count). The van der Waals surface area contributed by atoms with Crippen molar-refractivity contribution in [1.29, 1.82) is 0 Å². The zero-order valence-corrected chi connectivity index (χ0v) is 35.8. The third-order valence-electron chi connectivity index (χ3n) is 8.66. The third-order valence-corrected chi connectivity index (χ3v) is 9.30. The summed E-state index contributed by atoms with van der Waals surface area (Å²) in [6.07, 6.45) is -0.534. The van der Waals surface area contributed by atoms with Gasteiger partial charge in [0.05, 0.1) is 18.6 Å². The van der Waals surface area contributed by atoms with E-state index in [4.69, 9.17) is 10.2 Å². The summed E-state index contributed by atoms with van der Waals surface area (Å²) in [5, 5.41) is 47.2. The summed E-state index contributed by atoms with van der Waals surface area (Å²) >= 11 is 1.46. The molecule has 0 heterocycles. The lowest BCUT2D eigenvalue weighted by atomic mass is 9.85. The van der Waals surface area contributed by atoms with Crippen LogP contribution in [-0.4, -0.2) is 129 Å². The van der Waals surface area contributed by atoms with E-state index in [1.165, 1.54) is 32.5 Å². The van der Waals surface area contributed by atoms with Crippen molar-refractivity contribution in [2.75, 3.05) is 12.0 Å². The van der Waals surface area contributed by atoms with Gasteiger partial charge in [-0.15, -0.1) is 0 Å². The summed E-state index contributed by atoms with van der Waals surface area (Å²) in [7, 11) is 0. The molecule has 10 N–H and O–H groups in total. The Morgan fingerprint density at radius 1 is 0.649 bits per heavy atom. The highest BCUT2D eigenvalue weighted by atomic mass is 32.2. The van der Waals surface area contributed by atoms with Gasteiger partial charge >= 0.3 is 11.9 Å². The number of hydrogen-bond acceptors (Lipinski definition) is 11. The summed E-state index contributed by atoms with van der Waals surface area (Å²) in [5.41, 5.74) is -0.933.